The van der Waals surface area contributed by atoms with Crippen molar-refractivity contribution in [3.05, 3.63) is 33.1 Å². The molecule has 1 heterocycles. The Labute approximate surface area is 101 Å². The first kappa shape index (κ1) is 12.9. The standard InChI is InChI=1S/C9H7ClN4O3/c1-5(3-11)13-9(15)6-2-8(10)12-4-7(6)14(16)17/h2,4-5H,1H3,(H,13,15). The van der Waals surface area contributed by atoms with Gasteiger partial charge in [-0.15, -0.1) is 0 Å². The molecule has 7 nitrogen and oxygen atoms in total. The first-order valence-electron chi connectivity index (χ1n) is 4.46. The van der Waals surface area contributed by atoms with E-state index in [0.717, 1.165) is 12.3 Å². The second kappa shape index (κ2) is 5.23. The molecule has 0 radical (unpaired) electrons. The van der Waals surface area contributed by atoms with Gasteiger partial charge in [0, 0.05) is 0 Å². The maximum absolute atomic E-state index is 11.6. The highest BCUT2D eigenvalue weighted by atomic mass is 35.5. The molecule has 1 rings (SSSR count). The van der Waals surface area contributed by atoms with Crippen molar-refractivity contribution >= 4 is 23.2 Å². The zero-order chi connectivity index (χ0) is 13.0. The van der Waals surface area contributed by atoms with Gasteiger partial charge in [0.2, 0.25) is 0 Å². The van der Waals surface area contributed by atoms with Crippen LogP contribution in [0.3, 0.4) is 0 Å². The molecule has 1 amide bonds. The molecule has 0 bridgehead atoms. The fraction of sp³-hybridized carbons (Fsp3) is 0.222. The van der Waals surface area contributed by atoms with Crippen molar-refractivity contribution in [3.8, 4) is 6.07 Å². The van der Waals surface area contributed by atoms with Crippen molar-refractivity contribution in [2.75, 3.05) is 0 Å². The van der Waals surface area contributed by atoms with Gasteiger partial charge in [0.05, 0.1) is 11.0 Å². The molecular formula is C9H7ClN4O3. The van der Waals surface area contributed by atoms with Crippen LogP contribution in [0, 0.1) is 21.4 Å². The molecule has 1 N–H and O–H groups in total. The van der Waals surface area contributed by atoms with Crippen molar-refractivity contribution in [1.29, 1.82) is 5.26 Å². The summed E-state index contributed by atoms with van der Waals surface area (Å²) in [5.41, 5.74) is -0.686. The first-order valence-corrected chi connectivity index (χ1v) is 4.84. The highest BCUT2D eigenvalue weighted by Gasteiger charge is 2.22. The lowest BCUT2D eigenvalue weighted by molar-refractivity contribution is -0.385. The Balaban J connectivity index is 3.12. The van der Waals surface area contributed by atoms with E-state index in [2.05, 4.69) is 10.3 Å². The van der Waals surface area contributed by atoms with Gasteiger partial charge >= 0.3 is 0 Å². The maximum atomic E-state index is 11.6. The molecule has 8 heteroatoms. The number of hydrogen-bond donors (Lipinski definition) is 1. The number of halogens is 1. The van der Waals surface area contributed by atoms with Crippen LogP contribution in [0.4, 0.5) is 5.69 Å². The number of nitriles is 1. The fourth-order valence-corrected chi connectivity index (χ4v) is 1.21. The Morgan fingerprint density at radius 1 is 1.76 bits per heavy atom. The minimum Gasteiger partial charge on any atom is -0.336 e. The number of carbonyl (C=O) groups excluding carboxylic acids is 1. The van der Waals surface area contributed by atoms with Gasteiger partial charge in [-0.2, -0.15) is 5.26 Å². The van der Waals surface area contributed by atoms with Crippen LogP contribution in [0.25, 0.3) is 0 Å². The smallest absolute Gasteiger partial charge is 0.300 e. The molecule has 0 saturated heterocycles. The van der Waals surface area contributed by atoms with E-state index in [9.17, 15) is 14.9 Å². The van der Waals surface area contributed by atoms with E-state index in [1.165, 1.54) is 6.92 Å². The van der Waals surface area contributed by atoms with E-state index in [-0.39, 0.29) is 10.7 Å². The Morgan fingerprint density at radius 3 is 2.94 bits per heavy atom. The highest BCUT2D eigenvalue weighted by molar-refractivity contribution is 6.29. The van der Waals surface area contributed by atoms with Crippen molar-refractivity contribution in [2.24, 2.45) is 0 Å². The normalized spacial score (nSPS) is 11.4. The Morgan fingerprint density at radius 2 is 2.41 bits per heavy atom. The lowest BCUT2D eigenvalue weighted by Gasteiger charge is -2.06. The number of aromatic nitrogens is 1. The van der Waals surface area contributed by atoms with Crippen LogP contribution in [0.15, 0.2) is 12.3 Å². The average Bonchev–Trinajstić information content (AvgIpc) is 2.28. The minimum atomic E-state index is -0.756. The number of rotatable bonds is 3. The lowest BCUT2D eigenvalue weighted by atomic mass is 10.2. The monoisotopic (exact) mass is 254 g/mol. The molecule has 1 unspecified atom stereocenters. The largest absolute Gasteiger partial charge is 0.336 e. The number of carbonyl (C=O) groups is 1. The van der Waals surface area contributed by atoms with Crippen molar-refractivity contribution < 1.29 is 9.72 Å². The summed E-state index contributed by atoms with van der Waals surface area (Å²) in [5.74, 6) is -0.741. The van der Waals surface area contributed by atoms with Crippen LogP contribution in [-0.2, 0) is 0 Å². The predicted octanol–water partition coefficient (Wildman–Crippen LogP) is 1.29. The van der Waals surface area contributed by atoms with Gasteiger partial charge in [0.15, 0.2) is 0 Å². The molecule has 0 spiro atoms. The van der Waals surface area contributed by atoms with Crippen LogP contribution in [0.1, 0.15) is 17.3 Å². The van der Waals surface area contributed by atoms with Crippen LogP contribution in [0.2, 0.25) is 5.15 Å². The quantitative estimate of drug-likeness (QED) is 0.496. The van der Waals surface area contributed by atoms with Gasteiger partial charge < -0.3 is 5.32 Å². The molecular weight excluding hydrogens is 248 g/mol. The van der Waals surface area contributed by atoms with E-state index in [1.54, 1.807) is 6.07 Å². The predicted molar refractivity (Wildman–Crippen MR) is 58.4 cm³/mol. The molecule has 0 aromatic carbocycles. The lowest BCUT2D eigenvalue weighted by Crippen LogP contribution is -2.31. The molecule has 0 saturated carbocycles. The molecule has 88 valence electrons. The van der Waals surface area contributed by atoms with E-state index in [4.69, 9.17) is 16.9 Å². The summed E-state index contributed by atoms with van der Waals surface area (Å²) in [6.07, 6.45) is 0.897. The third-order valence-corrected chi connectivity index (χ3v) is 2.04. The maximum Gasteiger partial charge on any atom is 0.300 e. The Hall–Kier alpha value is -2.20. The number of nitrogens with one attached hydrogen (secondary N) is 1. The molecule has 0 aliphatic heterocycles. The molecule has 1 atom stereocenters. The minimum absolute atomic E-state index is 0.0367. The summed E-state index contributed by atoms with van der Waals surface area (Å²) in [6, 6.07) is 2.11. The zero-order valence-corrected chi connectivity index (χ0v) is 9.43. The third kappa shape index (κ3) is 3.12. The zero-order valence-electron chi connectivity index (χ0n) is 8.68. The number of amides is 1. The van der Waals surface area contributed by atoms with E-state index in [1.807, 2.05) is 0 Å². The van der Waals surface area contributed by atoms with Gasteiger partial charge in [-0.25, -0.2) is 4.98 Å². The number of hydrogen-bond acceptors (Lipinski definition) is 5. The van der Waals surface area contributed by atoms with Gasteiger partial charge in [0.25, 0.3) is 11.6 Å². The van der Waals surface area contributed by atoms with Crippen LogP contribution < -0.4 is 5.32 Å². The Kier molecular flexibility index (Phi) is 3.96. The van der Waals surface area contributed by atoms with Crippen LogP contribution in [-0.4, -0.2) is 21.9 Å². The summed E-state index contributed by atoms with van der Waals surface area (Å²) in [5, 5.41) is 21.4. The van der Waals surface area contributed by atoms with Crippen molar-refractivity contribution in [3.63, 3.8) is 0 Å². The van der Waals surface area contributed by atoms with E-state index >= 15 is 0 Å². The van der Waals surface area contributed by atoms with Crippen molar-refractivity contribution in [1.82, 2.24) is 10.3 Å². The number of nitro groups is 1. The van der Waals surface area contributed by atoms with Crippen molar-refractivity contribution in [2.45, 2.75) is 13.0 Å². The third-order valence-electron chi connectivity index (χ3n) is 1.83. The number of nitrogens with zero attached hydrogens (tertiary/aromatic N) is 3. The summed E-state index contributed by atoms with van der Waals surface area (Å²) in [7, 11) is 0. The molecule has 0 aliphatic rings. The molecule has 1 aromatic rings. The van der Waals surface area contributed by atoms with Crippen LogP contribution >= 0.6 is 11.6 Å². The van der Waals surface area contributed by atoms with Gasteiger partial charge in [-0.05, 0) is 13.0 Å². The van der Waals surface area contributed by atoms with Gasteiger partial charge in [-0.3, -0.25) is 14.9 Å². The molecule has 0 aliphatic carbocycles. The van der Waals surface area contributed by atoms with E-state index in [0.29, 0.717) is 0 Å². The molecule has 1 aromatic heterocycles. The average molecular weight is 255 g/mol. The highest BCUT2D eigenvalue weighted by Crippen LogP contribution is 2.20. The Bertz CT molecular complexity index is 511. The topological polar surface area (TPSA) is 109 Å². The molecule has 17 heavy (non-hydrogen) atoms. The number of pyridine rings is 1. The molecule has 0 fully saturated rings. The van der Waals surface area contributed by atoms with Gasteiger partial charge in [-0.1, -0.05) is 11.6 Å². The van der Waals surface area contributed by atoms with E-state index < -0.39 is 22.6 Å². The summed E-state index contributed by atoms with van der Waals surface area (Å²) in [6.45, 7) is 1.45. The second-order valence-electron chi connectivity index (χ2n) is 3.11. The SMILES string of the molecule is CC(C#N)NC(=O)c1cc(Cl)ncc1[N+](=O)[O-]. The second-order valence-corrected chi connectivity index (χ2v) is 3.49. The summed E-state index contributed by atoms with van der Waals surface area (Å²) >= 11 is 5.56. The summed E-state index contributed by atoms with van der Waals surface area (Å²) < 4.78 is 0. The first-order chi connectivity index (χ1) is 7.95. The van der Waals surface area contributed by atoms with Crippen LogP contribution in [0.5, 0.6) is 0 Å². The fourth-order valence-electron chi connectivity index (χ4n) is 1.06. The van der Waals surface area contributed by atoms with Gasteiger partial charge in [0.1, 0.15) is 23.0 Å². The summed E-state index contributed by atoms with van der Waals surface area (Å²) in [4.78, 5) is 25.1.